The molecule has 0 N–H and O–H groups in total. The van der Waals surface area contributed by atoms with Gasteiger partial charge in [-0.05, 0) is 39.0 Å². The predicted molar refractivity (Wildman–Crippen MR) is 98.9 cm³/mol. The normalized spacial score (nSPS) is 11.9. The van der Waals surface area contributed by atoms with Crippen LogP contribution < -0.4 is 4.80 Å². The lowest BCUT2D eigenvalue weighted by Gasteiger charge is -2.05. The molecule has 0 saturated carbocycles. The van der Waals surface area contributed by atoms with Gasteiger partial charge in [0.2, 0.25) is 0 Å². The Hall–Kier alpha value is -2.81. The number of aryl methyl sites for hydroxylation is 2. The Bertz CT molecular complexity index is 1080. The zero-order valence-electron chi connectivity index (χ0n) is 15.2. The summed E-state index contributed by atoms with van der Waals surface area (Å²) in [7, 11) is 0. The lowest BCUT2D eigenvalue weighted by molar-refractivity contribution is -0.143. The second kappa shape index (κ2) is 7.83. The van der Waals surface area contributed by atoms with Crippen molar-refractivity contribution in [2.24, 2.45) is 4.99 Å². The number of ether oxygens (including phenoxy) is 1. The van der Waals surface area contributed by atoms with Crippen molar-refractivity contribution >= 4 is 33.4 Å². The highest BCUT2D eigenvalue weighted by atomic mass is 32.1. The molecule has 2 heterocycles. The van der Waals surface area contributed by atoms with Crippen LogP contribution >= 0.6 is 11.3 Å². The van der Waals surface area contributed by atoms with Crippen molar-refractivity contribution in [2.45, 2.75) is 33.9 Å². The van der Waals surface area contributed by atoms with Crippen molar-refractivity contribution in [2.75, 3.05) is 6.61 Å². The Morgan fingerprint density at radius 1 is 1.33 bits per heavy atom. The zero-order chi connectivity index (χ0) is 19.6. The summed E-state index contributed by atoms with van der Waals surface area (Å²) in [5, 5.41) is 4.24. The molecule has 2 aromatic heterocycles. The van der Waals surface area contributed by atoms with Gasteiger partial charge in [-0.3, -0.25) is 14.3 Å². The third-order valence-electron chi connectivity index (χ3n) is 3.86. The quantitative estimate of drug-likeness (QED) is 0.628. The monoisotopic (exact) mass is 390 g/mol. The number of hydrogen-bond acceptors (Lipinski definition) is 5. The molecule has 0 aliphatic rings. The molecule has 0 fully saturated rings. The van der Waals surface area contributed by atoms with Crippen LogP contribution in [-0.2, 0) is 22.6 Å². The van der Waals surface area contributed by atoms with Crippen LogP contribution in [0.25, 0.3) is 10.2 Å². The fourth-order valence-corrected chi connectivity index (χ4v) is 3.80. The summed E-state index contributed by atoms with van der Waals surface area (Å²) in [5.74, 6) is -1.51. The molecule has 142 valence electrons. The number of benzene rings is 1. The van der Waals surface area contributed by atoms with E-state index >= 15 is 0 Å². The van der Waals surface area contributed by atoms with E-state index in [-0.39, 0.29) is 23.5 Å². The summed E-state index contributed by atoms with van der Waals surface area (Å²) >= 11 is 1.14. The maximum Gasteiger partial charge on any atom is 0.326 e. The molecule has 3 rings (SSSR count). The number of hydrogen-bond donors (Lipinski definition) is 0. The van der Waals surface area contributed by atoms with Gasteiger partial charge >= 0.3 is 5.97 Å². The lowest BCUT2D eigenvalue weighted by atomic mass is 10.3. The maximum atomic E-state index is 14.4. The van der Waals surface area contributed by atoms with Crippen molar-refractivity contribution < 1.29 is 18.7 Å². The maximum absolute atomic E-state index is 14.4. The molecule has 0 saturated heterocycles. The average molecular weight is 390 g/mol. The third kappa shape index (κ3) is 3.82. The van der Waals surface area contributed by atoms with Crippen LogP contribution in [0.2, 0.25) is 0 Å². The minimum Gasteiger partial charge on any atom is -0.465 e. The lowest BCUT2D eigenvalue weighted by Crippen LogP contribution is -2.24. The number of para-hydroxylation sites is 1. The van der Waals surface area contributed by atoms with Gasteiger partial charge in [0, 0.05) is 6.54 Å². The molecule has 9 heteroatoms. The van der Waals surface area contributed by atoms with E-state index in [9.17, 15) is 14.0 Å². The van der Waals surface area contributed by atoms with Gasteiger partial charge in [0.25, 0.3) is 5.91 Å². The van der Waals surface area contributed by atoms with Crippen LogP contribution in [0, 0.1) is 12.7 Å². The smallest absolute Gasteiger partial charge is 0.326 e. The molecule has 3 aromatic rings. The van der Waals surface area contributed by atoms with Crippen molar-refractivity contribution in [1.29, 1.82) is 0 Å². The Morgan fingerprint density at radius 2 is 2.11 bits per heavy atom. The van der Waals surface area contributed by atoms with E-state index in [1.165, 1.54) is 10.6 Å². The molecular weight excluding hydrogens is 371 g/mol. The summed E-state index contributed by atoms with van der Waals surface area (Å²) in [6, 6.07) is 6.25. The Balaban J connectivity index is 2.15. The van der Waals surface area contributed by atoms with Crippen molar-refractivity contribution in [1.82, 2.24) is 14.3 Å². The highest BCUT2D eigenvalue weighted by molar-refractivity contribution is 7.16. The number of amides is 1. The Labute approximate surface area is 158 Å². The molecule has 1 amide bonds. The fourth-order valence-electron chi connectivity index (χ4n) is 2.76. The molecule has 0 bridgehead atoms. The van der Waals surface area contributed by atoms with Gasteiger partial charge in [-0.15, -0.1) is 0 Å². The summed E-state index contributed by atoms with van der Waals surface area (Å²) in [4.78, 5) is 29.0. The van der Waals surface area contributed by atoms with Crippen LogP contribution in [0.1, 0.15) is 30.0 Å². The fraction of sp³-hybridized carbons (Fsp3) is 0.333. The highest BCUT2D eigenvalue weighted by Crippen LogP contribution is 2.20. The van der Waals surface area contributed by atoms with Crippen molar-refractivity contribution in [3.05, 3.63) is 46.3 Å². The average Bonchev–Trinajstić information content (AvgIpc) is 3.16. The topological polar surface area (TPSA) is 78.5 Å². The number of aromatic nitrogens is 3. The number of fused-ring (bicyclic) bond motifs is 1. The predicted octanol–water partition coefficient (Wildman–Crippen LogP) is 2.67. The first-order valence-electron chi connectivity index (χ1n) is 8.51. The second-order valence-electron chi connectivity index (χ2n) is 5.77. The molecule has 0 atom stereocenters. The van der Waals surface area contributed by atoms with Crippen molar-refractivity contribution in [3.8, 4) is 0 Å². The molecule has 0 unspecified atom stereocenters. The number of thiazole rings is 1. The number of nitrogens with zero attached hydrogens (tertiary/aromatic N) is 4. The van der Waals surface area contributed by atoms with Crippen LogP contribution in [0.3, 0.4) is 0 Å². The van der Waals surface area contributed by atoms with E-state index in [1.807, 2.05) is 6.92 Å². The van der Waals surface area contributed by atoms with Gasteiger partial charge < -0.3 is 9.30 Å². The SMILES string of the molecule is CCOC(=O)Cn1c(=NC(=O)c2cc(C)nn2CC)sc2cccc(F)c21. The van der Waals surface area contributed by atoms with Crippen LogP contribution in [-0.4, -0.2) is 32.8 Å². The summed E-state index contributed by atoms with van der Waals surface area (Å²) < 4.78 is 22.9. The molecule has 27 heavy (non-hydrogen) atoms. The molecule has 0 spiro atoms. The largest absolute Gasteiger partial charge is 0.465 e. The van der Waals surface area contributed by atoms with E-state index in [4.69, 9.17) is 4.74 Å². The van der Waals surface area contributed by atoms with E-state index in [2.05, 4.69) is 10.1 Å². The van der Waals surface area contributed by atoms with Gasteiger partial charge in [0.15, 0.2) is 4.80 Å². The van der Waals surface area contributed by atoms with E-state index in [0.717, 1.165) is 11.3 Å². The van der Waals surface area contributed by atoms with Crippen LogP contribution in [0.5, 0.6) is 0 Å². The minimum atomic E-state index is -0.524. The second-order valence-corrected chi connectivity index (χ2v) is 6.78. The highest BCUT2D eigenvalue weighted by Gasteiger charge is 2.17. The number of carbonyl (C=O) groups is 2. The van der Waals surface area contributed by atoms with E-state index in [1.54, 1.807) is 36.7 Å². The minimum absolute atomic E-state index is 0.213. The van der Waals surface area contributed by atoms with Crippen molar-refractivity contribution in [3.63, 3.8) is 0 Å². The summed E-state index contributed by atoms with van der Waals surface area (Å²) in [5.41, 5.74) is 1.27. The Morgan fingerprint density at radius 3 is 2.81 bits per heavy atom. The summed E-state index contributed by atoms with van der Waals surface area (Å²) in [6.45, 7) is 5.86. The van der Waals surface area contributed by atoms with Crippen LogP contribution in [0.4, 0.5) is 4.39 Å². The number of carbonyl (C=O) groups excluding carboxylic acids is 2. The van der Waals surface area contributed by atoms with Gasteiger partial charge in [-0.1, -0.05) is 17.4 Å². The molecule has 7 nitrogen and oxygen atoms in total. The summed E-state index contributed by atoms with van der Waals surface area (Å²) in [6.07, 6.45) is 0. The van der Waals surface area contributed by atoms with Crippen LogP contribution in [0.15, 0.2) is 29.3 Å². The molecule has 1 aromatic carbocycles. The number of esters is 1. The van der Waals surface area contributed by atoms with E-state index < -0.39 is 17.7 Å². The van der Waals surface area contributed by atoms with E-state index in [0.29, 0.717) is 22.6 Å². The zero-order valence-corrected chi connectivity index (χ0v) is 16.0. The first-order valence-corrected chi connectivity index (χ1v) is 9.33. The third-order valence-corrected chi connectivity index (χ3v) is 4.91. The van der Waals surface area contributed by atoms with Gasteiger partial charge in [-0.2, -0.15) is 10.1 Å². The van der Waals surface area contributed by atoms with Gasteiger partial charge in [0.1, 0.15) is 18.1 Å². The number of halogens is 1. The first kappa shape index (κ1) is 19.0. The molecular formula is C18H19FN4O3S. The molecule has 0 aliphatic carbocycles. The first-order chi connectivity index (χ1) is 12.9. The van der Waals surface area contributed by atoms with Gasteiger partial charge in [-0.25, -0.2) is 4.39 Å². The standard InChI is InChI=1S/C18H19FN4O3S/c1-4-23-13(9-11(3)21-23)17(25)20-18-22(10-15(24)26-5-2)16-12(19)7-6-8-14(16)27-18/h6-9H,4-5,10H2,1-3H3. The van der Waals surface area contributed by atoms with Gasteiger partial charge in [0.05, 0.1) is 22.5 Å². The molecule has 0 radical (unpaired) electrons. The Kier molecular flexibility index (Phi) is 5.50. The number of rotatable bonds is 5. The molecule has 0 aliphatic heterocycles.